The van der Waals surface area contributed by atoms with Gasteiger partial charge in [-0.1, -0.05) is 18.2 Å². The molecule has 1 amide bonds. The molecule has 2 bridgehead atoms. The Morgan fingerprint density at radius 1 is 1.21 bits per heavy atom. The van der Waals surface area contributed by atoms with E-state index in [-0.39, 0.29) is 17.2 Å². The third kappa shape index (κ3) is 4.15. The topological polar surface area (TPSA) is 69.0 Å². The van der Waals surface area contributed by atoms with Gasteiger partial charge < -0.3 is 14.6 Å². The molecule has 5 unspecified atom stereocenters. The maximum absolute atomic E-state index is 12.8. The number of methoxy groups -OCH3 is 1. The number of hydrogen-bond donors (Lipinski definition) is 1. The van der Waals surface area contributed by atoms with Crippen molar-refractivity contribution in [2.45, 2.75) is 56.0 Å². The number of fused-ring (bicyclic) bond motifs is 2. The van der Waals surface area contributed by atoms with E-state index in [0.717, 1.165) is 34.1 Å². The number of nitrogens with zero attached hydrogens (tertiary/aromatic N) is 3. The van der Waals surface area contributed by atoms with Crippen molar-refractivity contribution in [3.8, 4) is 17.1 Å². The summed E-state index contributed by atoms with van der Waals surface area (Å²) in [6, 6.07) is 7.98. The van der Waals surface area contributed by atoms with Crippen LogP contribution in [0.1, 0.15) is 39.5 Å². The van der Waals surface area contributed by atoms with E-state index in [0.29, 0.717) is 5.92 Å². The second-order valence-corrected chi connectivity index (χ2v) is 9.80. The van der Waals surface area contributed by atoms with Gasteiger partial charge in [0.1, 0.15) is 5.75 Å². The average Bonchev–Trinajstić information content (AvgIpc) is 3.45. The number of nitrogens with one attached hydrogen (secondary N) is 1. The molecule has 0 radical (unpaired) electrons. The van der Waals surface area contributed by atoms with Gasteiger partial charge in [-0.15, -0.1) is 10.2 Å². The smallest absolute Gasteiger partial charge is 0.233 e. The Bertz CT molecular complexity index is 866. The molecule has 2 aliphatic rings. The lowest BCUT2D eigenvalue weighted by Crippen LogP contribution is -2.43. The Labute approximate surface area is 176 Å². The second-order valence-electron chi connectivity index (χ2n) is 8.49. The van der Waals surface area contributed by atoms with Gasteiger partial charge in [0.05, 0.1) is 12.4 Å². The molecule has 2 aromatic rings. The minimum absolute atomic E-state index is 0.0827. The number of thioether (sulfide) groups is 1. The summed E-state index contributed by atoms with van der Waals surface area (Å²) in [7, 11) is 3.58. The molecule has 0 aliphatic heterocycles. The van der Waals surface area contributed by atoms with E-state index in [9.17, 15) is 4.79 Å². The van der Waals surface area contributed by atoms with E-state index in [1.165, 1.54) is 37.4 Å². The average molecular weight is 415 g/mol. The van der Waals surface area contributed by atoms with Crippen LogP contribution in [-0.2, 0) is 11.8 Å². The molecule has 1 heterocycles. The first-order valence-corrected chi connectivity index (χ1v) is 11.3. The van der Waals surface area contributed by atoms with Crippen LogP contribution in [0, 0.1) is 17.8 Å². The van der Waals surface area contributed by atoms with Crippen LogP contribution in [0.25, 0.3) is 11.4 Å². The van der Waals surface area contributed by atoms with Gasteiger partial charge >= 0.3 is 0 Å². The number of hydrogen-bond acceptors (Lipinski definition) is 5. The minimum atomic E-state index is -0.220. The van der Waals surface area contributed by atoms with E-state index >= 15 is 0 Å². The monoisotopic (exact) mass is 414 g/mol. The minimum Gasteiger partial charge on any atom is -0.497 e. The summed E-state index contributed by atoms with van der Waals surface area (Å²) in [4.78, 5) is 12.8. The standard InChI is InChI=1S/C22H30N4O2S/c1-13(19-12-15-5-6-17(19)11-15)23-21(27)14(2)29-22-25-24-20(26(22)3)16-7-9-18(28-4)10-8-16/h7-10,13-15,17,19H,5-6,11-12H2,1-4H3,(H,23,27). The summed E-state index contributed by atoms with van der Waals surface area (Å²) in [5.74, 6) is 4.01. The third-order valence-electron chi connectivity index (χ3n) is 6.64. The zero-order valence-corrected chi connectivity index (χ0v) is 18.4. The molecule has 6 nitrogen and oxygen atoms in total. The second kappa shape index (κ2) is 8.38. The van der Waals surface area contributed by atoms with Crippen LogP contribution in [0.4, 0.5) is 0 Å². The molecule has 7 heteroatoms. The quantitative estimate of drug-likeness (QED) is 0.696. The van der Waals surface area contributed by atoms with E-state index in [1.807, 2.05) is 42.8 Å². The van der Waals surface area contributed by atoms with Crippen LogP contribution >= 0.6 is 11.8 Å². The van der Waals surface area contributed by atoms with Crippen molar-refractivity contribution in [1.82, 2.24) is 20.1 Å². The molecule has 2 aliphatic carbocycles. The lowest BCUT2D eigenvalue weighted by molar-refractivity contribution is -0.121. The van der Waals surface area contributed by atoms with Crippen LogP contribution in [0.5, 0.6) is 5.75 Å². The van der Waals surface area contributed by atoms with Gasteiger partial charge in [0.2, 0.25) is 5.91 Å². The summed E-state index contributed by atoms with van der Waals surface area (Å²) in [6.07, 6.45) is 5.37. The van der Waals surface area contributed by atoms with E-state index in [2.05, 4.69) is 22.4 Å². The maximum atomic E-state index is 12.8. The molecule has 29 heavy (non-hydrogen) atoms. The number of amides is 1. The van der Waals surface area contributed by atoms with Crippen molar-refractivity contribution in [2.75, 3.05) is 7.11 Å². The van der Waals surface area contributed by atoms with E-state index in [4.69, 9.17) is 4.74 Å². The summed E-state index contributed by atoms with van der Waals surface area (Å²) < 4.78 is 7.15. The number of carbonyl (C=O) groups is 1. The van der Waals surface area contributed by atoms with Gasteiger partial charge in [0.15, 0.2) is 11.0 Å². The lowest BCUT2D eigenvalue weighted by Gasteiger charge is -2.29. The Morgan fingerprint density at radius 2 is 1.97 bits per heavy atom. The van der Waals surface area contributed by atoms with Gasteiger partial charge in [-0.2, -0.15) is 0 Å². The van der Waals surface area contributed by atoms with Crippen LogP contribution in [0.15, 0.2) is 29.4 Å². The largest absolute Gasteiger partial charge is 0.497 e. The summed E-state index contributed by atoms with van der Waals surface area (Å²) >= 11 is 1.45. The molecular weight excluding hydrogens is 384 g/mol. The maximum Gasteiger partial charge on any atom is 0.233 e. The third-order valence-corrected chi connectivity index (χ3v) is 7.77. The van der Waals surface area contributed by atoms with Crippen molar-refractivity contribution in [3.05, 3.63) is 24.3 Å². The highest BCUT2D eigenvalue weighted by Crippen LogP contribution is 2.49. The van der Waals surface area contributed by atoms with Crippen LogP contribution < -0.4 is 10.1 Å². The predicted molar refractivity (Wildman–Crippen MR) is 115 cm³/mol. The Morgan fingerprint density at radius 3 is 2.59 bits per heavy atom. The SMILES string of the molecule is COc1ccc(-c2nnc(SC(C)C(=O)NC(C)C3CC4CCC3C4)n2C)cc1. The van der Waals surface area contributed by atoms with E-state index < -0.39 is 0 Å². The Kier molecular flexibility index (Phi) is 5.86. The first-order chi connectivity index (χ1) is 14.0. The van der Waals surface area contributed by atoms with Crippen molar-refractivity contribution in [3.63, 3.8) is 0 Å². The van der Waals surface area contributed by atoms with Crippen molar-refractivity contribution in [2.24, 2.45) is 24.8 Å². The highest BCUT2D eigenvalue weighted by molar-refractivity contribution is 8.00. The van der Waals surface area contributed by atoms with Gasteiger partial charge in [-0.25, -0.2) is 0 Å². The first kappa shape index (κ1) is 20.3. The number of carbonyl (C=O) groups excluding carboxylic acids is 1. The van der Waals surface area contributed by atoms with Crippen LogP contribution in [-0.4, -0.2) is 39.1 Å². The number of rotatable bonds is 7. The van der Waals surface area contributed by atoms with Crippen LogP contribution in [0.2, 0.25) is 0 Å². The fourth-order valence-corrected chi connectivity index (χ4v) is 5.80. The molecule has 2 saturated carbocycles. The fourth-order valence-electron chi connectivity index (χ4n) is 4.98. The molecule has 0 saturated heterocycles. The molecule has 4 rings (SSSR count). The van der Waals surface area contributed by atoms with Crippen LogP contribution in [0.3, 0.4) is 0 Å². The number of benzene rings is 1. The predicted octanol–water partition coefficient (Wildman–Crippen LogP) is 3.91. The van der Waals surface area contributed by atoms with Gasteiger partial charge in [-0.05, 0) is 75.1 Å². The molecule has 1 N–H and O–H groups in total. The Balaban J connectivity index is 1.37. The zero-order valence-electron chi connectivity index (χ0n) is 17.6. The van der Waals surface area contributed by atoms with Crippen molar-refractivity contribution < 1.29 is 9.53 Å². The van der Waals surface area contributed by atoms with Crippen molar-refractivity contribution >= 4 is 17.7 Å². The molecular formula is C22H30N4O2S. The summed E-state index contributed by atoms with van der Waals surface area (Å²) in [6.45, 7) is 4.11. The molecule has 1 aromatic carbocycles. The van der Waals surface area contributed by atoms with E-state index in [1.54, 1.807) is 7.11 Å². The zero-order chi connectivity index (χ0) is 20.5. The Hall–Kier alpha value is -2.02. The highest BCUT2D eigenvalue weighted by atomic mass is 32.2. The summed E-state index contributed by atoms with van der Waals surface area (Å²) in [5, 5.41) is 12.4. The number of aromatic nitrogens is 3. The van der Waals surface area contributed by atoms with Gasteiger partial charge in [0, 0.05) is 18.7 Å². The lowest BCUT2D eigenvalue weighted by atomic mass is 9.84. The van der Waals surface area contributed by atoms with Crippen molar-refractivity contribution in [1.29, 1.82) is 0 Å². The molecule has 5 atom stereocenters. The van der Waals surface area contributed by atoms with Gasteiger partial charge in [0.25, 0.3) is 0 Å². The summed E-state index contributed by atoms with van der Waals surface area (Å²) in [5.41, 5.74) is 0.967. The molecule has 0 spiro atoms. The molecule has 2 fully saturated rings. The van der Waals surface area contributed by atoms with Gasteiger partial charge in [-0.3, -0.25) is 4.79 Å². The highest BCUT2D eigenvalue weighted by Gasteiger charge is 2.42. The number of ether oxygens (including phenoxy) is 1. The molecule has 156 valence electrons. The first-order valence-electron chi connectivity index (χ1n) is 10.5. The fraction of sp³-hybridized carbons (Fsp3) is 0.591. The molecule has 1 aromatic heterocycles. The normalized spacial score (nSPS) is 25.0.